The quantitative estimate of drug-likeness (QED) is 0.582. The standard InChI is InChI=1S/C19H31N/c1-19-12-11-15-14-6-4-3-5-13(14)7-8-16(15)17(19)9-10-18(19)20-2/h13-17H,3-12H2,1-2H3. The Labute approximate surface area is 124 Å². The van der Waals surface area contributed by atoms with Crippen molar-refractivity contribution in [2.45, 2.75) is 71.1 Å². The lowest BCUT2D eigenvalue weighted by molar-refractivity contribution is -0.0345. The van der Waals surface area contributed by atoms with Gasteiger partial charge in [0.1, 0.15) is 0 Å². The van der Waals surface area contributed by atoms with Gasteiger partial charge < -0.3 is 0 Å². The van der Waals surface area contributed by atoms with Crippen molar-refractivity contribution in [3.05, 3.63) is 0 Å². The highest BCUT2D eigenvalue weighted by Crippen LogP contribution is 2.61. The minimum absolute atomic E-state index is 0.484. The minimum atomic E-state index is 0.484. The molecule has 4 rings (SSSR count). The number of hydrogen-bond donors (Lipinski definition) is 0. The molecule has 4 saturated carbocycles. The average Bonchev–Trinajstić information content (AvgIpc) is 2.83. The maximum absolute atomic E-state index is 4.68. The fourth-order valence-corrected chi connectivity index (χ4v) is 6.98. The molecule has 112 valence electrons. The van der Waals surface area contributed by atoms with Gasteiger partial charge in [0.2, 0.25) is 0 Å². The zero-order valence-electron chi connectivity index (χ0n) is 13.4. The summed E-state index contributed by atoms with van der Waals surface area (Å²) in [6, 6.07) is 0. The summed E-state index contributed by atoms with van der Waals surface area (Å²) >= 11 is 0. The van der Waals surface area contributed by atoms with E-state index in [0.29, 0.717) is 5.41 Å². The van der Waals surface area contributed by atoms with Crippen LogP contribution in [0.4, 0.5) is 0 Å². The fourth-order valence-electron chi connectivity index (χ4n) is 6.98. The van der Waals surface area contributed by atoms with Crippen LogP contribution in [0, 0.1) is 35.0 Å². The van der Waals surface area contributed by atoms with Crippen LogP contribution < -0.4 is 0 Å². The highest BCUT2D eigenvalue weighted by molar-refractivity contribution is 5.92. The lowest BCUT2D eigenvalue weighted by Gasteiger charge is -2.54. The van der Waals surface area contributed by atoms with E-state index in [-0.39, 0.29) is 0 Å². The van der Waals surface area contributed by atoms with Crippen molar-refractivity contribution in [3.8, 4) is 0 Å². The monoisotopic (exact) mass is 273 g/mol. The molecule has 0 spiro atoms. The second kappa shape index (κ2) is 4.85. The molecule has 1 heteroatoms. The molecule has 4 fully saturated rings. The molecule has 1 nitrogen and oxygen atoms in total. The number of fused-ring (bicyclic) bond motifs is 5. The molecular formula is C19H31N. The molecule has 0 saturated heterocycles. The lowest BCUT2D eigenvalue weighted by atomic mass is 9.50. The Morgan fingerprint density at radius 2 is 1.75 bits per heavy atom. The summed E-state index contributed by atoms with van der Waals surface area (Å²) in [5.74, 6) is 5.32. The molecule has 0 bridgehead atoms. The molecule has 0 aliphatic heterocycles. The van der Waals surface area contributed by atoms with E-state index in [0.717, 1.165) is 29.6 Å². The van der Waals surface area contributed by atoms with Gasteiger partial charge >= 0.3 is 0 Å². The topological polar surface area (TPSA) is 12.4 Å². The molecule has 6 atom stereocenters. The molecule has 0 radical (unpaired) electrons. The summed E-state index contributed by atoms with van der Waals surface area (Å²) in [5.41, 5.74) is 2.05. The molecule has 0 heterocycles. The summed E-state index contributed by atoms with van der Waals surface area (Å²) in [6.45, 7) is 2.55. The van der Waals surface area contributed by atoms with E-state index in [1.54, 1.807) is 31.4 Å². The number of hydrogen-bond acceptors (Lipinski definition) is 1. The van der Waals surface area contributed by atoms with Crippen LogP contribution in [0.15, 0.2) is 4.99 Å². The van der Waals surface area contributed by atoms with Crippen LogP contribution in [-0.4, -0.2) is 12.8 Å². The average molecular weight is 273 g/mol. The lowest BCUT2D eigenvalue weighted by Crippen LogP contribution is -2.48. The van der Waals surface area contributed by atoms with Gasteiger partial charge in [-0.2, -0.15) is 0 Å². The summed E-state index contributed by atoms with van der Waals surface area (Å²) < 4.78 is 0. The Balaban J connectivity index is 1.61. The molecule has 0 aromatic rings. The third-order valence-corrected chi connectivity index (χ3v) is 7.89. The van der Waals surface area contributed by atoms with Gasteiger partial charge in [-0.25, -0.2) is 0 Å². The molecule has 0 amide bonds. The van der Waals surface area contributed by atoms with E-state index < -0.39 is 0 Å². The van der Waals surface area contributed by atoms with Crippen LogP contribution in [0.3, 0.4) is 0 Å². The van der Waals surface area contributed by atoms with Crippen molar-refractivity contribution < 1.29 is 0 Å². The molecule has 4 aliphatic rings. The first-order valence-electron chi connectivity index (χ1n) is 9.20. The maximum Gasteiger partial charge on any atom is 0.0276 e. The first kappa shape index (κ1) is 13.3. The van der Waals surface area contributed by atoms with Crippen molar-refractivity contribution in [2.24, 2.45) is 40.0 Å². The van der Waals surface area contributed by atoms with Crippen LogP contribution >= 0.6 is 0 Å². The van der Waals surface area contributed by atoms with Crippen LogP contribution in [0.1, 0.15) is 71.1 Å². The SMILES string of the molecule is CN=C1CCC2C3CCC4CCCCC4C3CCC12C. The molecule has 4 aliphatic carbocycles. The Hall–Kier alpha value is -0.330. The predicted molar refractivity (Wildman–Crippen MR) is 85.1 cm³/mol. The van der Waals surface area contributed by atoms with Crippen LogP contribution in [-0.2, 0) is 0 Å². The zero-order valence-corrected chi connectivity index (χ0v) is 13.4. The number of rotatable bonds is 0. The van der Waals surface area contributed by atoms with Gasteiger partial charge in [-0.05, 0) is 74.5 Å². The molecule has 20 heavy (non-hydrogen) atoms. The minimum Gasteiger partial charge on any atom is -0.297 e. The van der Waals surface area contributed by atoms with Gasteiger partial charge in [0, 0.05) is 18.2 Å². The van der Waals surface area contributed by atoms with E-state index >= 15 is 0 Å². The Morgan fingerprint density at radius 3 is 2.60 bits per heavy atom. The largest absolute Gasteiger partial charge is 0.297 e. The summed E-state index contributed by atoms with van der Waals surface area (Å²) in [7, 11) is 2.03. The zero-order chi connectivity index (χ0) is 13.7. The van der Waals surface area contributed by atoms with E-state index in [1.165, 1.54) is 38.5 Å². The van der Waals surface area contributed by atoms with E-state index in [4.69, 9.17) is 0 Å². The third kappa shape index (κ3) is 1.77. The molecule has 6 unspecified atom stereocenters. The van der Waals surface area contributed by atoms with E-state index in [9.17, 15) is 0 Å². The second-order valence-electron chi connectivity index (χ2n) is 8.39. The molecular weight excluding hydrogens is 242 g/mol. The van der Waals surface area contributed by atoms with Crippen LogP contribution in [0.2, 0.25) is 0 Å². The van der Waals surface area contributed by atoms with Gasteiger partial charge in [-0.15, -0.1) is 0 Å². The van der Waals surface area contributed by atoms with Gasteiger partial charge in [-0.3, -0.25) is 4.99 Å². The van der Waals surface area contributed by atoms with E-state index in [1.807, 2.05) is 7.05 Å². The highest BCUT2D eigenvalue weighted by atomic mass is 14.8. The van der Waals surface area contributed by atoms with Crippen LogP contribution in [0.25, 0.3) is 0 Å². The predicted octanol–water partition coefficient (Wildman–Crippen LogP) is 5.10. The summed E-state index contributed by atoms with van der Waals surface area (Å²) in [6.07, 6.45) is 14.9. The molecule has 0 aromatic carbocycles. The molecule has 0 N–H and O–H groups in total. The van der Waals surface area contributed by atoms with Gasteiger partial charge in [0.05, 0.1) is 0 Å². The normalized spacial score (nSPS) is 53.3. The summed E-state index contributed by atoms with van der Waals surface area (Å²) in [5, 5.41) is 0. The molecule has 0 aromatic heterocycles. The first-order chi connectivity index (χ1) is 9.74. The van der Waals surface area contributed by atoms with Crippen molar-refractivity contribution in [3.63, 3.8) is 0 Å². The smallest absolute Gasteiger partial charge is 0.0276 e. The van der Waals surface area contributed by atoms with Crippen molar-refractivity contribution in [1.82, 2.24) is 0 Å². The third-order valence-electron chi connectivity index (χ3n) is 7.89. The van der Waals surface area contributed by atoms with Gasteiger partial charge in [-0.1, -0.05) is 26.2 Å². The van der Waals surface area contributed by atoms with E-state index in [2.05, 4.69) is 11.9 Å². The fraction of sp³-hybridized carbons (Fsp3) is 0.947. The number of aliphatic imine (C=N–C) groups is 1. The second-order valence-corrected chi connectivity index (χ2v) is 8.39. The van der Waals surface area contributed by atoms with Gasteiger partial charge in [0.15, 0.2) is 0 Å². The van der Waals surface area contributed by atoms with Crippen molar-refractivity contribution in [2.75, 3.05) is 7.05 Å². The number of nitrogens with zero attached hydrogens (tertiary/aromatic N) is 1. The van der Waals surface area contributed by atoms with Crippen LogP contribution in [0.5, 0.6) is 0 Å². The Bertz CT molecular complexity index is 412. The highest BCUT2D eigenvalue weighted by Gasteiger charge is 2.55. The van der Waals surface area contributed by atoms with Crippen molar-refractivity contribution >= 4 is 5.71 Å². The Kier molecular flexibility index (Phi) is 3.23. The first-order valence-corrected chi connectivity index (χ1v) is 9.20. The van der Waals surface area contributed by atoms with Gasteiger partial charge in [0.25, 0.3) is 0 Å². The van der Waals surface area contributed by atoms with Crippen molar-refractivity contribution in [1.29, 1.82) is 0 Å². The maximum atomic E-state index is 4.68. The Morgan fingerprint density at radius 1 is 0.900 bits per heavy atom. The summed E-state index contributed by atoms with van der Waals surface area (Å²) in [4.78, 5) is 4.68.